The Kier molecular flexibility index (Phi) is 3.95. The molecule has 2 atom stereocenters. The molecule has 1 aromatic rings. The highest BCUT2D eigenvalue weighted by atomic mass is 79.9. The molecule has 5 N–H and O–H groups in total. The van der Waals surface area contributed by atoms with E-state index in [0.29, 0.717) is 0 Å². The lowest BCUT2D eigenvalue weighted by Crippen LogP contribution is -2.64. The van der Waals surface area contributed by atoms with Crippen molar-refractivity contribution in [1.82, 2.24) is 0 Å². The Bertz CT molecular complexity index is 463. The molecule has 0 bridgehead atoms. The SMILES string of the molecule is O=C(O)C(O)(Br)C(O)(Nc1ccccc1)C(=O)O. The predicted octanol–water partition coefficient (Wildman–Crippen LogP) is 0.0398. The number of aliphatic hydroxyl groups is 2. The average molecular weight is 320 g/mol. The summed E-state index contributed by atoms with van der Waals surface area (Å²) in [5.41, 5.74) is -3.01. The van der Waals surface area contributed by atoms with Crippen LogP contribution >= 0.6 is 15.9 Å². The molecule has 0 aliphatic carbocycles. The molecule has 0 spiro atoms. The van der Waals surface area contributed by atoms with Gasteiger partial charge in [-0.1, -0.05) is 18.2 Å². The molecule has 0 aromatic heterocycles. The second-order valence-electron chi connectivity index (χ2n) is 3.43. The zero-order chi connectivity index (χ0) is 14.0. The van der Waals surface area contributed by atoms with Crippen LogP contribution in [0.25, 0.3) is 0 Å². The van der Waals surface area contributed by atoms with E-state index in [0.717, 1.165) is 0 Å². The van der Waals surface area contributed by atoms with Crippen LogP contribution in [-0.2, 0) is 9.59 Å². The van der Waals surface area contributed by atoms with E-state index >= 15 is 0 Å². The number of alkyl halides is 1. The van der Waals surface area contributed by atoms with Crippen LogP contribution in [0.5, 0.6) is 0 Å². The summed E-state index contributed by atoms with van der Waals surface area (Å²) in [5.74, 6) is -3.90. The quantitative estimate of drug-likeness (QED) is 0.383. The van der Waals surface area contributed by atoms with E-state index in [4.69, 9.17) is 10.2 Å². The molecule has 0 fully saturated rings. The second-order valence-corrected chi connectivity index (χ2v) is 4.58. The lowest BCUT2D eigenvalue weighted by Gasteiger charge is -2.33. The first kappa shape index (κ1) is 14.4. The van der Waals surface area contributed by atoms with Crippen molar-refractivity contribution in [2.45, 2.75) is 10.2 Å². The van der Waals surface area contributed by atoms with Gasteiger partial charge in [0.25, 0.3) is 10.2 Å². The molecule has 18 heavy (non-hydrogen) atoms. The Morgan fingerprint density at radius 1 is 1.06 bits per heavy atom. The van der Waals surface area contributed by atoms with Gasteiger partial charge in [-0.25, -0.2) is 9.59 Å². The van der Waals surface area contributed by atoms with Crippen LogP contribution in [0.3, 0.4) is 0 Å². The van der Waals surface area contributed by atoms with Gasteiger partial charge < -0.3 is 25.7 Å². The van der Waals surface area contributed by atoms with Gasteiger partial charge in [-0.2, -0.15) is 0 Å². The third-order valence-electron chi connectivity index (χ3n) is 2.17. The van der Waals surface area contributed by atoms with E-state index in [9.17, 15) is 19.8 Å². The maximum absolute atomic E-state index is 11.0. The molecule has 8 heteroatoms. The number of carbonyl (C=O) groups is 2. The van der Waals surface area contributed by atoms with Crippen molar-refractivity contribution in [1.29, 1.82) is 0 Å². The Morgan fingerprint density at radius 2 is 1.56 bits per heavy atom. The van der Waals surface area contributed by atoms with Crippen molar-refractivity contribution >= 4 is 33.6 Å². The van der Waals surface area contributed by atoms with E-state index in [1.165, 1.54) is 12.1 Å². The normalized spacial score (nSPS) is 17.3. The standard InChI is InChI=1S/C10H10BrNO6/c11-9(17,7(13)14)10(18,8(15)16)12-6-4-2-1-3-5-6/h1-5,12,17-18H,(H,13,14)(H,15,16). The molecule has 0 saturated carbocycles. The molecule has 1 rings (SSSR count). The van der Waals surface area contributed by atoms with Gasteiger partial charge in [-0.05, 0) is 28.1 Å². The fourth-order valence-corrected chi connectivity index (χ4v) is 1.43. The minimum absolute atomic E-state index is 0.126. The summed E-state index contributed by atoms with van der Waals surface area (Å²) in [5, 5.41) is 39.1. The number of hydrogen-bond acceptors (Lipinski definition) is 5. The highest BCUT2D eigenvalue weighted by molar-refractivity contribution is 9.10. The number of aliphatic carboxylic acids is 2. The number of para-hydroxylation sites is 1. The van der Waals surface area contributed by atoms with E-state index < -0.39 is 22.2 Å². The molecule has 0 saturated heterocycles. The minimum atomic E-state index is -3.14. The molecular weight excluding hydrogens is 310 g/mol. The number of rotatable bonds is 5. The van der Waals surface area contributed by atoms with Crippen molar-refractivity contribution in [3.8, 4) is 0 Å². The molecule has 7 nitrogen and oxygen atoms in total. The van der Waals surface area contributed by atoms with Gasteiger partial charge in [-0.3, -0.25) is 0 Å². The molecule has 2 unspecified atom stereocenters. The molecule has 0 radical (unpaired) electrons. The molecule has 0 aliphatic heterocycles. The van der Waals surface area contributed by atoms with Crippen LogP contribution < -0.4 is 5.32 Å². The Balaban J connectivity index is 3.17. The lowest BCUT2D eigenvalue weighted by molar-refractivity contribution is -0.183. The van der Waals surface area contributed by atoms with Crippen LogP contribution in [0, 0.1) is 0 Å². The zero-order valence-electron chi connectivity index (χ0n) is 8.87. The summed E-state index contributed by atoms with van der Waals surface area (Å²) in [6, 6.07) is 7.53. The number of halogens is 1. The van der Waals surface area contributed by atoms with Crippen LogP contribution in [0.1, 0.15) is 0 Å². The largest absolute Gasteiger partial charge is 0.478 e. The molecule has 1 aromatic carbocycles. The summed E-state index contributed by atoms with van der Waals surface area (Å²) < 4.78 is -3.10. The predicted molar refractivity (Wildman–Crippen MR) is 64.2 cm³/mol. The highest BCUT2D eigenvalue weighted by Crippen LogP contribution is 2.31. The number of anilines is 1. The van der Waals surface area contributed by atoms with Gasteiger partial charge in [-0.15, -0.1) is 0 Å². The van der Waals surface area contributed by atoms with Gasteiger partial charge in [0, 0.05) is 5.69 Å². The Labute approximate surface area is 110 Å². The zero-order valence-corrected chi connectivity index (χ0v) is 10.5. The van der Waals surface area contributed by atoms with Gasteiger partial charge in [0.05, 0.1) is 0 Å². The van der Waals surface area contributed by atoms with E-state index in [1.807, 2.05) is 0 Å². The number of hydrogen-bond donors (Lipinski definition) is 5. The summed E-state index contributed by atoms with van der Waals surface area (Å²) in [4.78, 5) is 21.8. The first-order valence-corrected chi connectivity index (χ1v) is 5.45. The van der Waals surface area contributed by atoms with Gasteiger partial charge in [0.2, 0.25) is 0 Å². The third kappa shape index (κ3) is 2.45. The molecule has 98 valence electrons. The first-order valence-electron chi connectivity index (χ1n) is 4.65. The summed E-state index contributed by atoms with van der Waals surface area (Å²) in [7, 11) is 0. The van der Waals surface area contributed by atoms with Gasteiger partial charge in [0.1, 0.15) is 0 Å². The summed E-state index contributed by atoms with van der Waals surface area (Å²) in [6.45, 7) is 0. The minimum Gasteiger partial charge on any atom is -0.478 e. The van der Waals surface area contributed by atoms with Gasteiger partial charge >= 0.3 is 11.9 Å². The van der Waals surface area contributed by atoms with Crippen molar-refractivity contribution in [2.24, 2.45) is 0 Å². The molecule has 0 amide bonds. The lowest BCUT2D eigenvalue weighted by atomic mass is 10.1. The monoisotopic (exact) mass is 319 g/mol. The fourth-order valence-electron chi connectivity index (χ4n) is 1.16. The fraction of sp³-hybridized carbons (Fsp3) is 0.200. The van der Waals surface area contributed by atoms with Crippen molar-refractivity contribution in [2.75, 3.05) is 5.32 Å². The Morgan fingerprint density at radius 3 is 1.94 bits per heavy atom. The first-order chi connectivity index (χ1) is 8.22. The van der Waals surface area contributed by atoms with E-state index in [1.54, 1.807) is 18.2 Å². The van der Waals surface area contributed by atoms with Crippen LogP contribution in [0.15, 0.2) is 30.3 Å². The highest BCUT2D eigenvalue weighted by Gasteiger charge is 2.60. The van der Waals surface area contributed by atoms with E-state index in [2.05, 4.69) is 21.2 Å². The van der Waals surface area contributed by atoms with Crippen LogP contribution in [0.4, 0.5) is 5.69 Å². The Hall–Kier alpha value is -1.64. The topological polar surface area (TPSA) is 127 Å². The van der Waals surface area contributed by atoms with Crippen LogP contribution in [0.2, 0.25) is 0 Å². The van der Waals surface area contributed by atoms with Crippen LogP contribution in [-0.4, -0.2) is 42.6 Å². The van der Waals surface area contributed by atoms with Crippen molar-refractivity contribution in [3.05, 3.63) is 30.3 Å². The average Bonchev–Trinajstić information content (AvgIpc) is 2.29. The molecule has 0 aliphatic rings. The third-order valence-corrected chi connectivity index (χ3v) is 3.08. The number of carboxylic acid groups (broad SMARTS) is 2. The molecular formula is C10H10BrNO6. The van der Waals surface area contributed by atoms with Crippen molar-refractivity contribution in [3.63, 3.8) is 0 Å². The van der Waals surface area contributed by atoms with Crippen molar-refractivity contribution < 1.29 is 30.0 Å². The number of benzene rings is 1. The maximum Gasteiger partial charge on any atom is 0.362 e. The molecule has 0 heterocycles. The number of nitrogens with one attached hydrogen (secondary N) is 1. The van der Waals surface area contributed by atoms with E-state index in [-0.39, 0.29) is 5.69 Å². The smallest absolute Gasteiger partial charge is 0.362 e. The maximum atomic E-state index is 11.0. The second kappa shape index (κ2) is 4.92. The summed E-state index contributed by atoms with van der Waals surface area (Å²) in [6.07, 6.45) is 0. The van der Waals surface area contributed by atoms with Gasteiger partial charge in [0.15, 0.2) is 0 Å². The number of carboxylic acids is 2. The summed E-state index contributed by atoms with van der Waals surface area (Å²) >= 11 is 2.29.